The molecule has 0 aromatic carbocycles. The molecule has 0 amide bonds. The summed E-state index contributed by atoms with van der Waals surface area (Å²) in [5, 5.41) is 184. The molecular weight excluding hydrogens is 1190 g/mol. The van der Waals surface area contributed by atoms with Gasteiger partial charge in [0.25, 0.3) is 0 Å². The van der Waals surface area contributed by atoms with Crippen LogP contribution in [0.15, 0.2) is 0 Å². The maximum absolute atomic E-state index is 12.2. The van der Waals surface area contributed by atoms with E-state index in [1.54, 1.807) is 0 Å². The zero-order valence-electron chi connectivity index (χ0n) is 50.9. The third-order valence-corrected chi connectivity index (χ3v) is 22.5. The molecule has 0 radical (unpaired) electrons. The number of fused-ring (bicyclic) bond motifs is 7. The van der Waals surface area contributed by atoms with Gasteiger partial charge in [-0.2, -0.15) is 0 Å². The van der Waals surface area contributed by atoms with Crippen molar-refractivity contribution >= 4 is 5.97 Å². The van der Waals surface area contributed by atoms with Gasteiger partial charge in [0, 0.05) is 19.3 Å². The van der Waals surface area contributed by atoms with Crippen molar-refractivity contribution < 1.29 is 148 Å². The Bertz CT molecular complexity index is 2310. The van der Waals surface area contributed by atoms with Crippen LogP contribution in [-0.2, 0) is 61.6 Å². The minimum absolute atomic E-state index is 0.0551. The van der Waals surface area contributed by atoms with Crippen LogP contribution in [0.1, 0.15) is 98.8 Å². The fourth-order valence-electron chi connectivity index (χ4n) is 17.3. The van der Waals surface area contributed by atoms with Gasteiger partial charge < -0.3 is 144 Å². The Labute approximate surface area is 515 Å². The lowest BCUT2D eigenvalue weighted by Gasteiger charge is -2.61. The van der Waals surface area contributed by atoms with Crippen LogP contribution < -0.4 is 0 Å². The summed E-state index contributed by atoms with van der Waals surface area (Å²) in [6.45, 7) is 6.07. The lowest BCUT2D eigenvalue weighted by atomic mass is 9.44. The number of carbonyl (C=O) groups excluding carboxylic acids is 1. The minimum atomic E-state index is -2.09. The predicted molar refractivity (Wildman–Crippen MR) is 294 cm³/mol. The van der Waals surface area contributed by atoms with Crippen LogP contribution in [0.2, 0.25) is 0 Å². The molecule has 0 aromatic heterocycles. The van der Waals surface area contributed by atoms with E-state index >= 15 is 0 Å². The van der Waals surface area contributed by atoms with Gasteiger partial charge in [-0.3, -0.25) is 4.79 Å². The summed E-state index contributed by atoms with van der Waals surface area (Å²) in [5.41, 5.74) is -0.130. The van der Waals surface area contributed by atoms with Crippen molar-refractivity contribution in [3.8, 4) is 0 Å². The van der Waals surface area contributed by atoms with Gasteiger partial charge in [0.05, 0.1) is 45.2 Å². The van der Waals surface area contributed by atoms with E-state index in [2.05, 4.69) is 20.8 Å². The molecular formula is C59H98O30. The highest BCUT2D eigenvalue weighted by molar-refractivity contribution is 5.65. The van der Waals surface area contributed by atoms with Gasteiger partial charge in [0.15, 0.2) is 37.2 Å². The second-order valence-electron chi connectivity index (χ2n) is 27.7. The summed E-state index contributed by atoms with van der Waals surface area (Å²) in [6.07, 6.45) is -36.9. The molecule has 10 rings (SSSR count). The van der Waals surface area contributed by atoms with E-state index in [-0.39, 0.29) is 47.2 Å². The average Bonchev–Trinajstić information content (AvgIpc) is 1.59. The van der Waals surface area contributed by atoms with Crippen molar-refractivity contribution in [2.24, 2.45) is 52.3 Å². The lowest BCUT2D eigenvalue weighted by molar-refractivity contribution is -0.406. The van der Waals surface area contributed by atoms with E-state index in [1.807, 2.05) is 6.92 Å². The largest absolute Gasteiger partial charge is 0.463 e. The van der Waals surface area contributed by atoms with E-state index in [0.717, 1.165) is 45.4 Å². The van der Waals surface area contributed by atoms with Crippen molar-refractivity contribution in [2.75, 3.05) is 39.6 Å². The molecule has 514 valence electrons. The SMILES string of the molecule is CC(=O)OC[C@H]1O[C@@H](O[C@@H]2[C@H](O)[C@@H](O)[C@H](O[C@H]3CC[C@@]4(C)[C@@H](CC[C@@H]5[C@@H]4CC[C@]4(C)[C@@H]6[C@H](C[C@@H]54)O[C@](O)(CC[C@H](C)CO[C@@H]4O[C@H](CO)[C@@H](O)[C@H](O)[C@H]4O)[C@H]6C)C3)O[C@@H]2CO)[C@H](O[C@@H]2O[C@H](CO)[C@@H](O)[C@H](O)[C@H]2O)[C@@H](O[C@@H]2O[C@H](CO)[C@@H](O)[C@H](O)[C@H]2O)[C@@H]1O. The Morgan fingerprint density at radius 2 is 1.03 bits per heavy atom. The quantitative estimate of drug-likeness (QED) is 0.0399. The zero-order valence-corrected chi connectivity index (χ0v) is 50.9. The molecule has 4 aliphatic carbocycles. The molecule has 0 bridgehead atoms. The predicted octanol–water partition coefficient (Wildman–Crippen LogP) is -5.56. The number of hydrogen-bond acceptors (Lipinski definition) is 30. The highest BCUT2D eigenvalue weighted by Gasteiger charge is 2.69. The highest BCUT2D eigenvalue weighted by atomic mass is 16.8. The summed E-state index contributed by atoms with van der Waals surface area (Å²) in [7, 11) is 0. The molecule has 37 atom stereocenters. The number of aliphatic hydroxyl groups is 17. The molecule has 0 aromatic rings. The van der Waals surface area contributed by atoms with Gasteiger partial charge in [-0.05, 0) is 104 Å². The topological polar surface area (TPSA) is 472 Å². The van der Waals surface area contributed by atoms with Gasteiger partial charge >= 0.3 is 5.97 Å². The van der Waals surface area contributed by atoms with E-state index in [1.165, 1.54) is 0 Å². The number of aliphatic hydroxyl groups excluding tert-OH is 16. The molecule has 6 aliphatic heterocycles. The first-order chi connectivity index (χ1) is 42.1. The third-order valence-electron chi connectivity index (χ3n) is 22.5. The van der Waals surface area contributed by atoms with E-state index in [4.69, 9.17) is 56.8 Å². The van der Waals surface area contributed by atoms with Crippen LogP contribution in [0.5, 0.6) is 0 Å². The second kappa shape index (κ2) is 28.2. The second-order valence-corrected chi connectivity index (χ2v) is 27.7. The minimum Gasteiger partial charge on any atom is -0.463 e. The monoisotopic (exact) mass is 1290 g/mol. The number of rotatable bonds is 20. The Kier molecular flexibility index (Phi) is 22.2. The number of esters is 1. The molecule has 10 aliphatic rings. The van der Waals surface area contributed by atoms with Crippen molar-refractivity contribution in [3.05, 3.63) is 0 Å². The first kappa shape index (κ1) is 70.2. The Hall–Kier alpha value is -1.65. The third kappa shape index (κ3) is 13.4. The van der Waals surface area contributed by atoms with E-state index < -0.39 is 204 Å². The first-order valence-corrected chi connectivity index (χ1v) is 31.8. The van der Waals surface area contributed by atoms with Crippen LogP contribution in [0.25, 0.3) is 0 Å². The summed E-state index contributed by atoms with van der Waals surface area (Å²) in [6, 6.07) is 0. The molecule has 4 saturated carbocycles. The van der Waals surface area contributed by atoms with Crippen molar-refractivity contribution in [2.45, 2.75) is 270 Å². The van der Waals surface area contributed by atoms with Gasteiger partial charge in [-0.1, -0.05) is 27.7 Å². The van der Waals surface area contributed by atoms with Crippen LogP contribution in [0.3, 0.4) is 0 Å². The summed E-state index contributed by atoms with van der Waals surface area (Å²) < 4.78 is 71.7. The Balaban J connectivity index is 0.781. The number of ether oxygens (including phenoxy) is 12. The molecule has 0 spiro atoms. The normalized spacial score (nSPS) is 53.7. The molecule has 6 heterocycles. The maximum Gasteiger partial charge on any atom is 0.302 e. The summed E-state index contributed by atoms with van der Waals surface area (Å²) >= 11 is 0. The van der Waals surface area contributed by atoms with Gasteiger partial charge in [0.2, 0.25) is 0 Å². The zero-order chi connectivity index (χ0) is 64.5. The molecule has 17 N–H and O–H groups in total. The molecule has 6 saturated heterocycles. The smallest absolute Gasteiger partial charge is 0.302 e. The lowest BCUT2D eigenvalue weighted by Crippen LogP contribution is -2.69. The van der Waals surface area contributed by atoms with E-state index in [0.29, 0.717) is 43.4 Å². The molecule has 10 fully saturated rings. The summed E-state index contributed by atoms with van der Waals surface area (Å²) in [4.78, 5) is 12.1. The first-order valence-electron chi connectivity index (χ1n) is 31.8. The van der Waals surface area contributed by atoms with Crippen molar-refractivity contribution in [1.29, 1.82) is 0 Å². The fourth-order valence-corrected chi connectivity index (χ4v) is 17.3. The average molecular weight is 1290 g/mol. The van der Waals surface area contributed by atoms with Gasteiger partial charge in [-0.15, -0.1) is 0 Å². The Morgan fingerprint density at radius 1 is 0.528 bits per heavy atom. The van der Waals surface area contributed by atoms with E-state index in [9.17, 15) is 91.6 Å². The maximum atomic E-state index is 12.2. The van der Waals surface area contributed by atoms with Crippen LogP contribution in [-0.4, -0.2) is 304 Å². The molecule has 89 heavy (non-hydrogen) atoms. The van der Waals surface area contributed by atoms with Crippen LogP contribution in [0.4, 0.5) is 0 Å². The fraction of sp³-hybridized carbons (Fsp3) is 0.983. The van der Waals surface area contributed by atoms with Crippen LogP contribution >= 0.6 is 0 Å². The Morgan fingerprint density at radius 3 is 1.62 bits per heavy atom. The van der Waals surface area contributed by atoms with Gasteiger partial charge in [0.1, 0.15) is 129 Å². The summed E-state index contributed by atoms with van der Waals surface area (Å²) in [5.74, 6) is -0.882. The van der Waals surface area contributed by atoms with Crippen molar-refractivity contribution in [1.82, 2.24) is 0 Å². The molecule has 0 unspecified atom stereocenters. The number of carbonyl (C=O) groups is 1. The van der Waals surface area contributed by atoms with Crippen LogP contribution in [0, 0.1) is 52.3 Å². The standard InChI is InChI=1S/C59H98O30/c1-22(20-79-52-45(73)41(69)37(65)31(16-60)81-52)8-13-59(77)23(2)36-30(89-59)15-29-27-7-6-25-14-26(9-11-57(25,4)28(27)10-12-58(29,36)5)80-53-48(76)44(72)49(34(19-63)84-53)86-56-51(88-55-47(75)43(71)39(67)33(18-62)83-55)50(40(68)35(85-56)21-78-24(3)64)87-54-46(74)42(70)38(66)32(17-61)82-54/h22-23,25-56,60-63,65-77H,6-21H2,1-5H3/t22-,23-,25-,26-,27+,28-,29-,30-,31+,32+,33+,34+,35+,36-,37+,38+,39+,40+,41-,42-,43-,44+,45+,46+,47+,48+,49-,50-,51+,52+,53+,54-,55-,56-,57-,58-,59+/m0/s1. The number of hydrogen-bond donors (Lipinski definition) is 17. The highest BCUT2D eigenvalue weighted by Crippen LogP contribution is 2.71. The van der Waals surface area contributed by atoms with Gasteiger partial charge in [-0.25, -0.2) is 0 Å². The molecule has 30 heteroatoms. The van der Waals surface area contributed by atoms with Crippen molar-refractivity contribution in [3.63, 3.8) is 0 Å². The molecule has 30 nitrogen and oxygen atoms in total.